The summed E-state index contributed by atoms with van der Waals surface area (Å²) in [6.07, 6.45) is 0. The highest BCUT2D eigenvalue weighted by Crippen LogP contribution is 2.82. The third-order valence-electron chi connectivity index (χ3n) is 4.79. The molecule has 0 saturated heterocycles. The number of nitriles is 2. The quantitative estimate of drug-likeness (QED) is 0.780. The molecule has 124 valence electrons. The standard InChI is InChI=1S/C17H17BrN4O2/c1-3-23-17(24-4-2)16(10-20)13(11-6-5-7-12(18)8-11)15(16,9-19)14(21)22-17/h5-8,13H,3-4H2,1-2H3,(H2,21,22)/t13-,15+,16+/m1/s1. The normalized spacial score (nSPS) is 32.4. The minimum Gasteiger partial charge on any atom is -0.386 e. The third kappa shape index (κ3) is 1.72. The second-order valence-electron chi connectivity index (χ2n) is 5.77. The molecule has 0 unspecified atom stereocenters. The molecule has 3 rings (SSSR count). The first kappa shape index (κ1) is 16.9. The van der Waals surface area contributed by atoms with Crippen LogP contribution < -0.4 is 5.73 Å². The van der Waals surface area contributed by atoms with E-state index in [4.69, 9.17) is 15.2 Å². The zero-order valence-electron chi connectivity index (χ0n) is 13.4. The van der Waals surface area contributed by atoms with E-state index in [1.54, 1.807) is 13.8 Å². The van der Waals surface area contributed by atoms with Crippen molar-refractivity contribution in [3.05, 3.63) is 34.3 Å². The van der Waals surface area contributed by atoms with Crippen molar-refractivity contribution in [3.8, 4) is 12.1 Å². The second kappa shape index (κ2) is 5.56. The molecule has 1 heterocycles. The van der Waals surface area contributed by atoms with Crippen LogP contribution in [0.25, 0.3) is 0 Å². The molecule has 1 aliphatic heterocycles. The molecule has 0 radical (unpaired) electrons. The molecule has 0 spiro atoms. The summed E-state index contributed by atoms with van der Waals surface area (Å²) in [7, 11) is 0. The van der Waals surface area contributed by atoms with Gasteiger partial charge in [0.15, 0.2) is 5.41 Å². The van der Waals surface area contributed by atoms with E-state index in [-0.39, 0.29) is 19.0 Å². The van der Waals surface area contributed by atoms with E-state index in [2.05, 4.69) is 33.1 Å². The van der Waals surface area contributed by atoms with Gasteiger partial charge in [0.05, 0.1) is 12.1 Å². The van der Waals surface area contributed by atoms with Gasteiger partial charge in [-0.25, -0.2) is 4.99 Å². The molecule has 24 heavy (non-hydrogen) atoms. The van der Waals surface area contributed by atoms with Crippen molar-refractivity contribution in [2.75, 3.05) is 13.2 Å². The summed E-state index contributed by atoms with van der Waals surface area (Å²) < 4.78 is 12.4. The molecule has 3 atom stereocenters. The van der Waals surface area contributed by atoms with E-state index in [9.17, 15) is 10.5 Å². The lowest BCUT2D eigenvalue weighted by Crippen LogP contribution is -2.43. The number of rotatable bonds is 5. The fraction of sp³-hybridized carbons (Fsp3) is 0.471. The van der Waals surface area contributed by atoms with Crippen LogP contribution in [0.2, 0.25) is 0 Å². The van der Waals surface area contributed by atoms with Crippen LogP contribution in [0.5, 0.6) is 0 Å². The number of aliphatic imine (C=N–C) groups is 1. The lowest BCUT2D eigenvalue weighted by atomic mass is 9.93. The van der Waals surface area contributed by atoms with Gasteiger partial charge in [-0.15, -0.1) is 0 Å². The van der Waals surface area contributed by atoms with Crippen molar-refractivity contribution in [3.63, 3.8) is 0 Å². The lowest BCUT2D eigenvalue weighted by molar-refractivity contribution is -0.255. The SMILES string of the molecule is CCOC1(OCC)N=C(N)[C@]2(C#N)[C@@H](c3cccc(Br)c3)[C@]12C#N. The largest absolute Gasteiger partial charge is 0.386 e. The van der Waals surface area contributed by atoms with Gasteiger partial charge in [0.25, 0.3) is 5.91 Å². The molecule has 6 nitrogen and oxygen atoms in total. The van der Waals surface area contributed by atoms with Crippen LogP contribution >= 0.6 is 15.9 Å². The molecule has 2 aliphatic rings. The van der Waals surface area contributed by atoms with Crippen LogP contribution in [0.4, 0.5) is 0 Å². The summed E-state index contributed by atoms with van der Waals surface area (Å²) in [5, 5.41) is 20.0. The van der Waals surface area contributed by atoms with Crippen LogP contribution in [-0.4, -0.2) is 25.0 Å². The fourth-order valence-corrected chi connectivity index (χ4v) is 4.35. The van der Waals surface area contributed by atoms with Crippen molar-refractivity contribution < 1.29 is 9.47 Å². The number of hydrogen-bond donors (Lipinski definition) is 1. The van der Waals surface area contributed by atoms with E-state index in [1.807, 2.05) is 24.3 Å². The average molecular weight is 389 g/mol. The zero-order valence-corrected chi connectivity index (χ0v) is 15.0. The summed E-state index contributed by atoms with van der Waals surface area (Å²) in [4.78, 5) is 4.31. The van der Waals surface area contributed by atoms with Gasteiger partial charge in [-0.2, -0.15) is 10.5 Å². The van der Waals surface area contributed by atoms with Gasteiger partial charge in [-0.3, -0.25) is 0 Å². The van der Waals surface area contributed by atoms with Gasteiger partial charge in [0.2, 0.25) is 0 Å². The van der Waals surface area contributed by atoms with Crippen LogP contribution in [0.1, 0.15) is 25.3 Å². The number of nitrogens with zero attached hydrogens (tertiary/aromatic N) is 3. The lowest BCUT2D eigenvalue weighted by Gasteiger charge is -2.31. The first-order chi connectivity index (χ1) is 11.5. The molecule has 0 aromatic heterocycles. The van der Waals surface area contributed by atoms with E-state index >= 15 is 0 Å². The van der Waals surface area contributed by atoms with Crippen LogP contribution in [0.15, 0.2) is 33.7 Å². The highest BCUT2D eigenvalue weighted by Gasteiger charge is 2.93. The summed E-state index contributed by atoms with van der Waals surface area (Å²) >= 11 is 3.43. The molecule has 1 aromatic rings. The first-order valence-corrected chi connectivity index (χ1v) is 8.50. The van der Waals surface area contributed by atoms with Crippen molar-refractivity contribution >= 4 is 21.8 Å². The number of halogens is 1. The van der Waals surface area contributed by atoms with Crippen molar-refractivity contribution in [2.45, 2.75) is 25.7 Å². The predicted octanol–water partition coefficient (Wildman–Crippen LogP) is 2.66. The number of fused-ring (bicyclic) bond motifs is 1. The van der Waals surface area contributed by atoms with Gasteiger partial charge in [0.1, 0.15) is 11.3 Å². The molecule has 1 aromatic carbocycles. The number of hydrogen-bond acceptors (Lipinski definition) is 6. The van der Waals surface area contributed by atoms with E-state index in [1.165, 1.54) is 0 Å². The van der Waals surface area contributed by atoms with Crippen LogP contribution in [-0.2, 0) is 9.47 Å². The second-order valence-corrected chi connectivity index (χ2v) is 6.69. The summed E-state index contributed by atoms with van der Waals surface area (Å²) in [5.74, 6) is -1.93. The first-order valence-electron chi connectivity index (χ1n) is 7.71. The maximum atomic E-state index is 10.1. The summed E-state index contributed by atoms with van der Waals surface area (Å²) in [6, 6.07) is 12.0. The van der Waals surface area contributed by atoms with Crippen LogP contribution in [0, 0.1) is 33.5 Å². The fourth-order valence-electron chi connectivity index (χ4n) is 3.94. The molecule has 7 heteroatoms. The minimum atomic E-state index is -1.56. The summed E-state index contributed by atoms with van der Waals surface area (Å²) in [5.41, 5.74) is 4.42. The third-order valence-corrected chi connectivity index (χ3v) is 5.28. The highest BCUT2D eigenvalue weighted by molar-refractivity contribution is 9.10. The van der Waals surface area contributed by atoms with Crippen molar-refractivity contribution in [2.24, 2.45) is 21.6 Å². The van der Waals surface area contributed by atoms with Gasteiger partial charge >= 0.3 is 0 Å². The topological polar surface area (TPSA) is 104 Å². The highest BCUT2D eigenvalue weighted by atomic mass is 79.9. The average Bonchev–Trinajstić information content (AvgIpc) is 3.14. The monoisotopic (exact) mass is 388 g/mol. The maximum absolute atomic E-state index is 10.1. The molecule has 0 amide bonds. The zero-order chi connectivity index (χ0) is 17.6. The number of benzene rings is 1. The molecule has 1 fully saturated rings. The Kier molecular flexibility index (Phi) is 3.92. The van der Waals surface area contributed by atoms with Gasteiger partial charge in [-0.1, -0.05) is 28.1 Å². The van der Waals surface area contributed by atoms with E-state index < -0.39 is 22.7 Å². The molecule has 1 saturated carbocycles. The Balaban J connectivity index is 2.23. The Hall–Kier alpha value is -1.93. The number of ether oxygens (including phenoxy) is 2. The Labute approximate surface area is 149 Å². The Morgan fingerprint density at radius 3 is 2.42 bits per heavy atom. The molecular formula is C17H17BrN4O2. The maximum Gasteiger partial charge on any atom is 0.293 e. The van der Waals surface area contributed by atoms with Crippen molar-refractivity contribution in [1.82, 2.24) is 0 Å². The van der Waals surface area contributed by atoms with Gasteiger partial charge < -0.3 is 15.2 Å². The molecule has 1 aliphatic carbocycles. The number of amidine groups is 1. The van der Waals surface area contributed by atoms with E-state index in [0.717, 1.165) is 10.0 Å². The van der Waals surface area contributed by atoms with E-state index in [0.29, 0.717) is 0 Å². The molecule has 0 bridgehead atoms. The number of nitrogens with two attached hydrogens (primary N) is 1. The minimum absolute atomic E-state index is 0.0958. The Morgan fingerprint density at radius 2 is 1.92 bits per heavy atom. The molecular weight excluding hydrogens is 372 g/mol. The van der Waals surface area contributed by atoms with Crippen molar-refractivity contribution in [1.29, 1.82) is 10.5 Å². The summed E-state index contributed by atoms with van der Waals surface area (Å²) in [6.45, 7) is 4.15. The van der Waals surface area contributed by atoms with Gasteiger partial charge in [-0.05, 0) is 31.5 Å². The predicted molar refractivity (Wildman–Crippen MR) is 90.6 cm³/mol. The Bertz CT molecular complexity index is 791. The molecule has 2 N–H and O–H groups in total. The Morgan fingerprint density at radius 1 is 1.25 bits per heavy atom. The van der Waals surface area contributed by atoms with Gasteiger partial charge in [0, 0.05) is 23.6 Å². The smallest absolute Gasteiger partial charge is 0.293 e. The van der Waals surface area contributed by atoms with Crippen LogP contribution in [0.3, 0.4) is 0 Å².